The van der Waals surface area contributed by atoms with E-state index in [0.29, 0.717) is 10.7 Å². The Morgan fingerprint density at radius 1 is 1.17 bits per heavy atom. The lowest BCUT2D eigenvalue weighted by Crippen LogP contribution is -2.28. The van der Waals surface area contributed by atoms with Crippen molar-refractivity contribution < 1.29 is 19.1 Å². The van der Waals surface area contributed by atoms with E-state index in [-0.39, 0.29) is 18.9 Å². The lowest BCUT2D eigenvalue weighted by Gasteiger charge is -2.18. The normalized spacial score (nSPS) is 16.1. The summed E-state index contributed by atoms with van der Waals surface area (Å²) in [5.74, 6) is -1.74. The van der Waals surface area contributed by atoms with E-state index in [4.69, 9.17) is 16.3 Å². The van der Waals surface area contributed by atoms with Crippen molar-refractivity contribution in [3.05, 3.63) is 58.1 Å². The van der Waals surface area contributed by atoms with E-state index >= 15 is 0 Å². The molecule has 1 heterocycles. The molecule has 2 amide bonds. The highest BCUT2D eigenvalue weighted by molar-refractivity contribution is 6.31. The van der Waals surface area contributed by atoms with Crippen molar-refractivity contribution in [1.82, 2.24) is 0 Å². The third-order valence-corrected chi connectivity index (χ3v) is 5.56. The van der Waals surface area contributed by atoms with Gasteiger partial charge < -0.3 is 15.0 Å². The van der Waals surface area contributed by atoms with E-state index in [9.17, 15) is 14.4 Å². The summed E-state index contributed by atoms with van der Waals surface area (Å²) in [5, 5.41) is 3.21. The molecule has 2 aromatic carbocycles. The molecule has 1 N–H and O–H groups in total. The molecule has 2 aromatic rings. The molecule has 0 aliphatic carbocycles. The number of benzene rings is 2. The number of ether oxygens (including phenoxy) is 1. The van der Waals surface area contributed by atoms with Crippen LogP contribution in [0.3, 0.4) is 0 Å². The largest absolute Gasteiger partial charge is 0.455 e. The predicted octanol–water partition coefficient (Wildman–Crippen LogP) is 3.80. The fraction of sp³-hybridized carbons (Fsp3) is 0.318. The van der Waals surface area contributed by atoms with E-state index in [1.807, 2.05) is 32.0 Å². The van der Waals surface area contributed by atoms with Crippen LogP contribution in [0.1, 0.15) is 23.1 Å². The molecule has 0 spiro atoms. The maximum atomic E-state index is 12.4. The summed E-state index contributed by atoms with van der Waals surface area (Å²) in [6, 6.07) is 10.9. The van der Waals surface area contributed by atoms with E-state index in [0.717, 1.165) is 22.4 Å². The number of carbonyl (C=O) groups excluding carboxylic acids is 3. The molecular formula is C22H23ClN2O4. The Balaban J connectivity index is 1.56. The molecule has 29 heavy (non-hydrogen) atoms. The molecule has 0 unspecified atom stereocenters. The van der Waals surface area contributed by atoms with Crippen molar-refractivity contribution in [2.24, 2.45) is 5.92 Å². The van der Waals surface area contributed by atoms with Crippen molar-refractivity contribution >= 4 is 40.8 Å². The van der Waals surface area contributed by atoms with Crippen LogP contribution in [0.15, 0.2) is 36.4 Å². The topological polar surface area (TPSA) is 75.7 Å². The average Bonchev–Trinajstić information content (AvgIpc) is 3.07. The summed E-state index contributed by atoms with van der Waals surface area (Å²) < 4.78 is 5.14. The van der Waals surface area contributed by atoms with Crippen molar-refractivity contribution in [3.63, 3.8) is 0 Å². The molecule has 0 radical (unpaired) electrons. The summed E-state index contributed by atoms with van der Waals surface area (Å²) in [6.07, 6.45) is 0.0702. The highest BCUT2D eigenvalue weighted by Gasteiger charge is 2.36. The van der Waals surface area contributed by atoms with Gasteiger partial charge >= 0.3 is 5.97 Å². The van der Waals surface area contributed by atoms with Gasteiger partial charge in [-0.05, 0) is 61.7 Å². The van der Waals surface area contributed by atoms with Crippen LogP contribution in [0.2, 0.25) is 5.02 Å². The molecule has 1 fully saturated rings. The number of hydrogen-bond acceptors (Lipinski definition) is 4. The summed E-state index contributed by atoms with van der Waals surface area (Å²) in [6.45, 7) is 5.59. The molecular weight excluding hydrogens is 392 g/mol. The van der Waals surface area contributed by atoms with Crippen LogP contribution in [0.5, 0.6) is 0 Å². The number of nitrogens with one attached hydrogen (secondary N) is 1. The number of rotatable bonds is 5. The molecule has 1 aliphatic rings. The third kappa shape index (κ3) is 4.77. The monoisotopic (exact) mass is 414 g/mol. The van der Waals surface area contributed by atoms with Gasteiger partial charge in [-0.15, -0.1) is 0 Å². The van der Waals surface area contributed by atoms with Crippen LogP contribution in [0, 0.1) is 26.7 Å². The van der Waals surface area contributed by atoms with Crippen LogP contribution >= 0.6 is 11.6 Å². The molecule has 1 aliphatic heterocycles. The average molecular weight is 415 g/mol. The Hall–Kier alpha value is -2.86. The van der Waals surface area contributed by atoms with Crippen molar-refractivity contribution in [2.45, 2.75) is 27.2 Å². The molecule has 6 nitrogen and oxygen atoms in total. The molecule has 1 atom stereocenters. The summed E-state index contributed by atoms with van der Waals surface area (Å²) in [4.78, 5) is 38.4. The first kappa shape index (κ1) is 20.9. The van der Waals surface area contributed by atoms with Gasteiger partial charge in [0.1, 0.15) is 0 Å². The van der Waals surface area contributed by atoms with Crippen LogP contribution in [-0.4, -0.2) is 30.9 Å². The fourth-order valence-corrected chi connectivity index (χ4v) is 3.37. The van der Waals surface area contributed by atoms with Gasteiger partial charge in [0.15, 0.2) is 6.61 Å². The van der Waals surface area contributed by atoms with E-state index < -0.39 is 24.4 Å². The summed E-state index contributed by atoms with van der Waals surface area (Å²) >= 11 is 6.03. The van der Waals surface area contributed by atoms with E-state index in [1.165, 1.54) is 0 Å². The lowest BCUT2D eigenvalue weighted by molar-refractivity contribution is -0.151. The lowest BCUT2D eigenvalue weighted by atomic mass is 10.1. The summed E-state index contributed by atoms with van der Waals surface area (Å²) in [5.41, 5.74) is 4.28. The fourth-order valence-electron chi connectivity index (χ4n) is 3.19. The van der Waals surface area contributed by atoms with E-state index in [1.54, 1.807) is 30.0 Å². The SMILES string of the molecule is Cc1ccc(N2C[C@@H](C(=O)OCC(=O)Nc3cccc(Cl)c3C)CC2=O)cc1C. The zero-order valence-electron chi connectivity index (χ0n) is 16.6. The Kier molecular flexibility index (Phi) is 6.23. The van der Waals surface area contributed by atoms with Gasteiger partial charge in [0.25, 0.3) is 5.91 Å². The number of hydrogen-bond donors (Lipinski definition) is 1. The Morgan fingerprint density at radius 2 is 1.93 bits per heavy atom. The van der Waals surface area contributed by atoms with Gasteiger partial charge in [-0.25, -0.2) is 0 Å². The van der Waals surface area contributed by atoms with Gasteiger partial charge in [-0.3, -0.25) is 14.4 Å². The van der Waals surface area contributed by atoms with Crippen LogP contribution in [0.25, 0.3) is 0 Å². The molecule has 0 aromatic heterocycles. The van der Waals surface area contributed by atoms with E-state index in [2.05, 4.69) is 5.32 Å². The minimum Gasteiger partial charge on any atom is -0.455 e. The maximum absolute atomic E-state index is 12.4. The van der Waals surface area contributed by atoms with Crippen molar-refractivity contribution in [2.75, 3.05) is 23.4 Å². The molecule has 0 bridgehead atoms. The number of anilines is 2. The van der Waals surface area contributed by atoms with Gasteiger partial charge in [-0.2, -0.15) is 0 Å². The molecule has 1 saturated heterocycles. The highest BCUT2D eigenvalue weighted by atomic mass is 35.5. The number of nitrogens with zero attached hydrogens (tertiary/aromatic N) is 1. The Labute approximate surface area is 174 Å². The molecule has 3 rings (SSSR count). The number of amides is 2. The first-order valence-corrected chi connectivity index (χ1v) is 9.73. The maximum Gasteiger partial charge on any atom is 0.311 e. The van der Waals surface area contributed by atoms with Gasteiger partial charge in [0, 0.05) is 29.4 Å². The number of carbonyl (C=O) groups is 3. The third-order valence-electron chi connectivity index (χ3n) is 5.15. The van der Waals surface area contributed by atoms with Crippen molar-refractivity contribution in [3.8, 4) is 0 Å². The van der Waals surface area contributed by atoms with Gasteiger partial charge in [0.2, 0.25) is 5.91 Å². The quantitative estimate of drug-likeness (QED) is 0.755. The Morgan fingerprint density at radius 3 is 2.66 bits per heavy atom. The minimum absolute atomic E-state index is 0.0702. The van der Waals surface area contributed by atoms with Gasteiger partial charge in [0.05, 0.1) is 5.92 Å². The predicted molar refractivity (Wildman–Crippen MR) is 112 cm³/mol. The second-order valence-electron chi connectivity index (χ2n) is 7.24. The zero-order valence-corrected chi connectivity index (χ0v) is 17.4. The second-order valence-corrected chi connectivity index (χ2v) is 7.65. The number of esters is 1. The summed E-state index contributed by atoms with van der Waals surface area (Å²) in [7, 11) is 0. The first-order valence-electron chi connectivity index (χ1n) is 9.35. The molecule has 152 valence electrons. The molecule has 0 saturated carbocycles. The van der Waals surface area contributed by atoms with Crippen LogP contribution in [-0.2, 0) is 19.1 Å². The van der Waals surface area contributed by atoms with Gasteiger partial charge in [-0.1, -0.05) is 23.7 Å². The van der Waals surface area contributed by atoms with Crippen LogP contribution in [0.4, 0.5) is 11.4 Å². The standard InChI is InChI=1S/C22H23ClN2O4/c1-13-7-8-17(9-14(13)2)25-11-16(10-21(25)27)22(28)29-12-20(26)24-19-6-4-5-18(23)15(19)3/h4-9,16H,10-12H2,1-3H3,(H,24,26)/t16-/m0/s1. The minimum atomic E-state index is -0.593. The number of aryl methyl sites for hydroxylation is 2. The smallest absolute Gasteiger partial charge is 0.311 e. The van der Waals surface area contributed by atoms with Crippen LogP contribution < -0.4 is 10.2 Å². The Bertz CT molecular complexity index is 973. The first-order chi connectivity index (χ1) is 13.8. The van der Waals surface area contributed by atoms with Crippen molar-refractivity contribution in [1.29, 1.82) is 0 Å². The zero-order chi connectivity index (χ0) is 21.1. The molecule has 7 heteroatoms. The highest BCUT2D eigenvalue weighted by Crippen LogP contribution is 2.27. The second kappa shape index (κ2) is 8.66. The number of halogens is 1.